The number of benzene rings is 1. The van der Waals surface area contributed by atoms with Crippen molar-refractivity contribution in [2.75, 3.05) is 12.4 Å². The van der Waals surface area contributed by atoms with Crippen LogP contribution in [0.25, 0.3) is 0 Å². The molecule has 0 heterocycles. The third-order valence-electron chi connectivity index (χ3n) is 2.84. The number of nitrogens with one attached hydrogen (secondary N) is 1. The molecular formula is C13H16BrClFNO. The van der Waals surface area contributed by atoms with Crippen molar-refractivity contribution in [1.82, 2.24) is 5.32 Å². The second kappa shape index (κ2) is 7.74. The van der Waals surface area contributed by atoms with Gasteiger partial charge in [0.1, 0.15) is 5.82 Å². The van der Waals surface area contributed by atoms with Crippen molar-refractivity contribution in [2.24, 2.45) is 5.92 Å². The van der Waals surface area contributed by atoms with Crippen molar-refractivity contribution in [1.29, 1.82) is 0 Å². The first-order chi connectivity index (χ1) is 8.60. The molecular weight excluding hydrogens is 321 g/mol. The monoisotopic (exact) mass is 335 g/mol. The van der Waals surface area contributed by atoms with Gasteiger partial charge in [0.15, 0.2) is 0 Å². The summed E-state index contributed by atoms with van der Waals surface area (Å²) in [7, 11) is 0. The van der Waals surface area contributed by atoms with Crippen LogP contribution >= 0.6 is 27.5 Å². The third kappa shape index (κ3) is 4.25. The predicted octanol–water partition coefficient (Wildman–Crippen LogP) is 3.97. The van der Waals surface area contributed by atoms with Crippen molar-refractivity contribution in [3.8, 4) is 0 Å². The molecule has 0 bridgehead atoms. The molecule has 1 unspecified atom stereocenters. The average Bonchev–Trinajstić information content (AvgIpc) is 2.37. The molecule has 1 rings (SSSR count). The van der Waals surface area contributed by atoms with E-state index >= 15 is 0 Å². The lowest BCUT2D eigenvalue weighted by atomic mass is 10.0. The molecule has 0 aliphatic carbocycles. The van der Waals surface area contributed by atoms with E-state index in [1.807, 2.05) is 0 Å². The Hall–Kier alpha value is -0.610. The minimum absolute atomic E-state index is 0.202. The first-order valence-corrected chi connectivity index (χ1v) is 7.21. The van der Waals surface area contributed by atoms with E-state index in [0.717, 1.165) is 12.8 Å². The van der Waals surface area contributed by atoms with Crippen molar-refractivity contribution in [3.05, 3.63) is 34.1 Å². The molecule has 2 nitrogen and oxygen atoms in total. The molecule has 0 aliphatic rings. The van der Waals surface area contributed by atoms with Gasteiger partial charge in [-0.3, -0.25) is 4.79 Å². The highest BCUT2D eigenvalue weighted by Crippen LogP contribution is 2.20. The Morgan fingerprint density at radius 2 is 2.28 bits per heavy atom. The Morgan fingerprint density at radius 3 is 2.89 bits per heavy atom. The molecule has 0 aromatic heterocycles. The molecule has 18 heavy (non-hydrogen) atoms. The number of carbonyl (C=O) groups is 1. The van der Waals surface area contributed by atoms with Gasteiger partial charge in [-0.05, 0) is 40.4 Å². The van der Waals surface area contributed by atoms with Crippen LogP contribution in [0.2, 0.25) is 0 Å². The van der Waals surface area contributed by atoms with E-state index in [1.165, 1.54) is 12.1 Å². The van der Waals surface area contributed by atoms with Gasteiger partial charge < -0.3 is 5.32 Å². The number of hydrogen-bond donors (Lipinski definition) is 1. The summed E-state index contributed by atoms with van der Waals surface area (Å²) in [6, 6.07) is 4.42. The lowest BCUT2D eigenvalue weighted by molar-refractivity contribution is 0.0945. The van der Waals surface area contributed by atoms with Gasteiger partial charge in [0, 0.05) is 12.4 Å². The van der Waals surface area contributed by atoms with E-state index in [2.05, 4.69) is 28.2 Å². The Labute approximate surface area is 120 Å². The van der Waals surface area contributed by atoms with Crippen LogP contribution in [0.5, 0.6) is 0 Å². The van der Waals surface area contributed by atoms with Crippen molar-refractivity contribution < 1.29 is 9.18 Å². The first-order valence-electron chi connectivity index (χ1n) is 5.88. The maximum Gasteiger partial charge on any atom is 0.252 e. The van der Waals surface area contributed by atoms with Gasteiger partial charge in [-0.1, -0.05) is 19.4 Å². The molecule has 100 valence electrons. The van der Waals surface area contributed by atoms with Crippen LogP contribution in [0, 0.1) is 11.7 Å². The van der Waals surface area contributed by atoms with Gasteiger partial charge in [0.2, 0.25) is 0 Å². The van der Waals surface area contributed by atoms with E-state index in [0.29, 0.717) is 23.9 Å². The van der Waals surface area contributed by atoms with Crippen LogP contribution in [0.4, 0.5) is 4.39 Å². The summed E-state index contributed by atoms with van der Waals surface area (Å²) < 4.78 is 13.5. The smallest absolute Gasteiger partial charge is 0.252 e. The molecule has 1 N–H and O–H groups in total. The molecule has 0 aliphatic heterocycles. The van der Waals surface area contributed by atoms with E-state index < -0.39 is 5.82 Å². The lowest BCUT2D eigenvalue weighted by Crippen LogP contribution is -2.29. The van der Waals surface area contributed by atoms with E-state index in [1.54, 1.807) is 6.07 Å². The topological polar surface area (TPSA) is 29.1 Å². The van der Waals surface area contributed by atoms with E-state index in [-0.39, 0.29) is 10.4 Å². The Morgan fingerprint density at radius 1 is 1.56 bits per heavy atom. The zero-order chi connectivity index (χ0) is 13.5. The maximum absolute atomic E-state index is 13.3. The van der Waals surface area contributed by atoms with Crippen LogP contribution in [-0.2, 0) is 0 Å². The quantitative estimate of drug-likeness (QED) is 0.782. The fourth-order valence-electron chi connectivity index (χ4n) is 1.62. The van der Waals surface area contributed by atoms with Gasteiger partial charge in [-0.2, -0.15) is 0 Å². The van der Waals surface area contributed by atoms with Crippen LogP contribution in [0.15, 0.2) is 22.7 Å². The van der Waals surface area contributed by atoms with Crippen molar-refractivity contribution >= 4 is 33.4 Å². The minimum Gasteiger partial charge on any atom is -0.352 e. The Balaban J connectivity index is 2.62. The van der Waals surface area contributed by atoms with Crippen molar-refractivity contribution in [2.45, 2.75) is 19.8 Å². The molecule has 1 aromatic carbocycles. The number of rotatable bonds is 6. The Kier molecular flexibility index (Phi) is 6.65. The van der Waals surface area contributed by atoms with Crippen LogP contribution in [0.3, 0.4) is 0 Å². The molecule has 0 saturated carbocycles. The normalized spacial score (nSPS) is 12.2. The summed E-state index contributed by atoms with van der Waals surface area (Å²) in [5.74, 6) is 0.238. The highest BCUT2D eigenvalue weighted by atomic mass is 79.9. The largest absolute Gasteiger partial charge is 0.352 e. The third-order valence-corrected chi connectivity index (χ3v) is 3.87. The van der Waals surface area contributed by atoms with E-state index in [9.17, 15) is 9.18 Å². The molecule has 0 fully saturated rings. The second-order valence-electron chi connectivity index (χ2n) is 4.06. The second-order valence-corrected chi connectivity index (χ2v) is 5.23. The lowest BCUT2D eigenvalue weighted by Gasteiger charge is -2.14. The summed E-state index contributed by atoms with van der Waals surface area (Å²) in [6.07, 6.45) is 1.82. The summed E-state index contributed by atoms with van der Waals surface area (Å²) in [5, 5.41) is 2.81. The van der Waals surface area contributed by atoms with Crippen molar-refractivity contribution in [3.63, 3.8) is 0 Å². The summed E-state index contributed by atoms with van der Waals surface area (Å²) in [4.78, 5) is 11.9. The number of amides is 1. The number of alkyl halides is 1. The Bertz CT molecular complexity index is 414. The molecule has 0 radical (unpaired) electrons. The SMILES string of the molecule is CCC(CCCl)CNC(=O)c1cccc(F)c1Br. The number of carbonyl (C=O) groups excluding carboxylic acids is 1. The zero-order valence-corrected chi connectivity index (χ0v) is 12.5. The van der Waals surface area contributed by atoms with Gasteiger partial charge in [0.05, 0.1) is 10.0 Å². The van der Waals surface area contributed by atoms with Gasteiger partial charge in [0.25, 0.3) is 5.91 Å². The fourth-order valence-corrected chi connectivity index (χ4v) is 2.37. The molecule has 5 heteroatoms. The summed E-state index contributed by atoms with van der Waals surface area (Å²) in [6.45, 7) is 2.62. The average molecular weight is 337 g/mol. The van der Waals surface area contributed by atoms with Gasteiger partial charge in [-0.25, -0.2) is 4.39 Å². The highest BCUT2D eigenvalue weighted by molar-refractivity contribution is 9.10. The van der Waals surface area contributed by atoms with Crippen LogP contribution in [0.1, 0.15) is 30.1 Å². The minimum atomic E-state index is -0.435. The first kappa shape index (κ1) is 15.4. The number of halogens is 3. The molecule has 1 atom stereocenters. The molecule has 1 aromatic rings. The summed E-state index contributed by atoms with van der Waals surface area (Å²) in [5.41, 5.74) is 0.315. The molecule has 0 saturated heterocycles. The maximum atomic E-state index is 13.3. The molecule has 1 amide bonds. The standard InChI is InChI=1S/C13H16BrClFNO/c1-2-9(6-7-15)8-17-13(18)10-4-3-5-11(16)12(10)14/h3-5,9H,2,6-8H2,1H3,(H,17,18). The number of hydrogen-bond acceptors (Lipinski definition) is 1. The van der Waals surface area contributed by atoms with Crippen LogP contribution < -0.4 is 5.32 Å². The van der Waals surface area contributed by atoms with Gasteiger partial charge >= 0.3 is 0 Å². The molecule has 0 spiro atoms. The zero-order valence-electron chi connectivity index (χ0n) is 10.2. The predicted molar refractivity (Wildman–Crippen MR) is 75.6 cm³/mol. The van der Waals surface area contributed by atoms with Crippen LogP contribution in [-0.4, -0.2) is 18.3 Å². The van der Waals surface area contributed by atoms with Gasteiger partial charge in [-0.15, -0.1) is 11.6 Å². The van der Waals surface area contributed by atoms with E-state index in [4.69, 9.17) is 11.6 Å². The summed E-state index contributed by atoms with van der Waals surface area (Å²) >= 11 is 8.76. The highest BCUT2D eigenvalue weighted by Gasteiger charge is 2.14. The fraction of sp³-hybridized carbons (Fsp3) is 0.462.